The molecule has 8 heteroatoms. The summed E-state index contributed by atoms with van der Waals surface area (Å²) in [5.41, 5.74) is 0. The van der Waals surface area contributed by atoms with Crippen molar-refractivity contribution in [2.75, 3.05) is 19.7 Å². The Morgan fingerprint density at radius 1 is 1.53 bits per heavy atom. The first-order valence-electron chi connectivity index (χ1n) is 5.16. The second-order valence-electron chi connectivity index (χ2n) is 3.15. The molecule has 0 radical (unpaired) electrons. The topological polar surface area (TPSA) is 92.4 Å². The van der Waals surface area contributed by atoms with Crippen LogP contribution in [-0.4, -0.2) is 48.4 Å². The number of rotatable bonds is 6. The highest BCUT2D eigenvalue weighted by Gasteiger charge is 2.26. The zero-order chi connectivity index (χ0) is 12.9. The van der Waals surface area contributed by atoms with Crippen LogP contribution in [0.4, 0.5) is 0 Å². The van der Waals surface area contributed by atoms with Crippen molar-refractivity contribution in [2.45, 2.75) is 18.9 Å². The Morgan fingerprint density at radius 3 is 2.71 bits per heavy atom. The number of aromatic nitrogens is 2. The minimum absolute atomic E-state index is 0.0383. The zero-order valence-corrected chi connectivity index (χ0v) is 10.5. The lowest BCUT2D eigenvalue weighted by molar-refractivity contribution is -0.143. The Morgan fingerprint density at radius 2 is 2.24 bits per heavy atom. The standard InChI is InChI=1S/C9H15N3O4S/c1-3-12(6-9(13)16-4-2)17(14,15)8-5-10-7-11-8/h5,7H,3-4,6H2,1-2H3,(H,10,11). The van der Waals surface area contributed by atoms with Gasteiger partial charge in [-0.1, -0.05) is 6.92 Å². The number of ether oxygens (including phenoxy) is 1. The Balaban J connectivity index is 2.84. The van der Waals surface area contributed by atoms with Gasteiger partial charge in [0.25, 0.3) is 10.0 Å². The number of imidazole rings is 1. The number of hydrogen-bond donors (Lipinski definition) is 1. The molecule has 0 amide bonds. The summed E-state index contributed by atoms with van der Waals surface area (Å²) in [6.45, 7) is 3.41. The lowest BCUT2D eigenvalue weighted by atomic mass is 10.6. The van der Waals surface area contributed by atoms with E-state index in [2.05, 4.69) is 9.97 Å². The monoisotopic (exact) mass is 261 g/mol. The molecule has 1 aromatic rings. The van der Waals surface area contributed by atoms with E-state index in [1.54, 1.807) is 13.8 Å². The molecule has 0 aromatic carbocycles. The largest absolute Gasteiger partial charge is 0.465 e. The predicted octanol–water partition coefficient (Wildman–Crippen LogP) is -0.0166. The fraction of sp³-hybridized carbons (Fsp3) is 0.556. The van der Waals surface area contributed by atoms with Gasteiger partial charge in [0.2, 0.25) is 0 Å². The van der Waals surface area contributed by atoms with E-state index in [1.807, 2.05) is 0 Å². The molecule has 1 aromatic heterocycles. The summed E-state index contributed by atoms with van der Waals surface area (Å²) < 4.78 is 29.8. The molecule has 17 heavy (non-hydrogen) atoms. The van der Waals surface area contributed by atoms with Crippen molar-refractivity contribution < 1.29 is 17.9 Å². The van der Waals surface area contributed by atoms with Crippen molar-refractivity contribution in [1.82, 2.24) is 14.3 Å². The molecule has 0 saturated carbocycles. The number of aromatic amines is 1. The lowest BCUT2D eigenvalue weighted by Crippen LogP contribution is -2.36. The number of esters is 1. The number of likely N-dealkylation sites (N-methyl/N-ethyl adjacent to an activating group) is 1. The van der Waals surface area contributed by atoms with Gasteiger partial charge in [0.1, 0.15) is 6.54 Å². The van der Waals surface area contributed by atoms with Crippen LogP contribution in [0.1, 0.15) is 13.8 Å². The van der Waals surface area contributed by atoms with Gasteiger partial charge in [-0.2, -0.15) is 4.31 Å². The lowest BCUT2D eigenvalue weighted by Gasteiger charge is -2.17. The third kappa shape index (κ3) is 3.27. The van der Waals surface area contributed by atoms with E-state index in [0.29, 0.717) is 0 Å². The number of nitrogens with zero attached hydrogens (tertiary/aromatic N) is 2. The second-order valence-corrected chi connectivity index (χ2v) is 5.06. The summed E-state index contributed by atoms with van der Waals surface area (Å²) in [6, 6.07) is 0. The number of carbonyl (C=O) groups excluding carboxylic acids is 1. The number of hydrogen-bond acceptors (Lipinski definition) is 5. The van der Waals surface area contributed by atoms with Gasteiger partial charge in [-0.05, 0) is 6.92 Å². The van der Waals surface area contributed by atoms with Crippen molar-refractivity contribution in [2.24, 2.45) is 0 Å². The van der Waals surface area contributed by atoms with E-state index in [1.165, 1.54) is 12.5 Å². The summed E-state index contributed by atoms with van der Waals surface area (Å²) in [7, 11) is -3.71. The van der Waals surface area contributed by atoms with Crippen LogP contribution in [0.3, 0.4) is 0 Å². The molecule has 0 aliphatic rings. The van der Waals surface area contributed by atoms with Crippen molar-refractivity contribution in [3.05, 3.63) is 12.5 Å². The highest BCUT2D eigenvalue weighted by molar-refractivity contribution is 7.89. The average Bonchev–Trinajstić information content (AvgIpc) is 2.80. The molecule has 0 bridgehead atoms. The molecule has 7 nitrogen and oxygen atoms in total. The maximum atomic E-state index is 12.0. The van der Waals surface area contributed by atoms with E-state index >= 15 is 0 Å². The van der Waals surface area contributed by atoms with E-state index in [-0.39, 0.29) is 24.7 Å². The molecule has 0 fully saturated rings. The fourth-order valence-electron chi connectivity index (χ4n) is 1.24. The molecular weight excluding hydrogens is 246 g/mol. The molecule has 0 unspecified atom stereocenters. The van der Waals surface area contributed by atoms with Crippen molar-refractivity contribution in [1.29, 1.82) is 0 Å². The average molecular weight is 261 g/mol. The van der Waals surface area contributed by atoms with Crippen LogP contribution >= 0.6 is 0 Å². The zero-order valence-electron chi connectivity index (χ0n) is 9.71. The first-order chi connectivity index (χ1) is 8.02. The van der Waals surface area contributed by atoms with E-state index in [0.717, 1.165) is 4.31 Å². The number of nitrogens with one attached hydrogen (secondary N) is 1. The summed E-state index contributed by atoms with van der Waals surface area (Å²) in [6.07, 6.45) is 2.47. The van der Waals surface area contributed by atoms with Crippen LogP contribution in [-0.2, 0) is 19.6 Å². The van der Waals surface area contributed by atoms with E-state index in [4.69, 9.17) is 4.74 Å². The van der Waals surface area contributed by atoms with Crippen LogP contribution in [0.5, 0.6) is 0 Å². The van der Waals surface area contributed by atoms with Crippen molar-refractivity contribution in [3.63, 3.8) is 0 Å². The first-order valence-corrected chi connectivity index (χ1v) is 6.60. The molecule has 0 aliphatic heterocycles. The molecule has 0 atom stereocenters. The quantitative estimate of drug-likeness (QED) is 0.727. The van der Waals surface area contributed by atoms with Crippen LogP contribution in [0.25, 0.3) is 0 Å². The highest BCUT2D eigenvalue weighted by Crippen LogP contribution is 2.11. The SMILES string of the molecule is CCOC(=O)CN(CC)S(=O)(=O)c1cnc[nH]1. The Bertz CT molecular complexity index is 455. The summed E-state index contributed by atoms with van der Waals surface area (Å²) in [5.74, 6) is -0.572. The minimum Gasteiger partial charge on any atom is -0.465 e. The van der Waals surface area contributed by atoms with Crippen LogP contribution in [0.15, 0.2) is 17.6 Å². The number of carbonyl (C=O) groups is 1. The maximum absolute atomic E-state index is 12.0. The Hall–Kier alpha value is -1.41. The molecule has 0 aliphatic carbocycles. The minimum atomic E-state index is -3.71. The Labute approximate surface area is 99.8 Å². The maximum Gasteiger partial charge on any atom is 0.321 e. The van der Waals surface area contributed by atoms with Gasteiger partial charge in [-0.3, -0.25) is 4.79 Å². The fourth-order valence-corrected chi connectivity index (χ4v) is 2.53. The van der Waals surface area contributed by atoms with Gasteiger partial charge in [0.05, 0.1) is 19.1 Å². The van der Waals surface area contributed by atoms with Gasteiger partial charge in [0.15, 0.2) is 5.03 Å². The second kappa shape index (κ2) is 5.78. The molecule has 96 valence electrons. The van der Waals surface area contributed by atoms with Gasteiger partial charge in [0, 0.05) is 6.54 Å². The predicted molar refractivity (Wildman–Crippen MR) is 59.7 cm³/mol. The number of H-pyrrole nitrogens is 1. The number of sulfonamides is 1. The molecule has 1 heterocycles. The highest BCUT2D eigenvalue weighted by atomic mass is 32.2. The first kappa shape index (κ1) is 13.7. The molecular formula is C9H15N3O4S. The Kier molecular flexibility index (Phi) is 4.64. The third-order valence-corrected chi connectivity index (χ3v) is 3.90. The molecule has 0 spiro atoms. The van der Waals surface area contributed by atoms with Gasteiger partial charge < -0.3 is 9.72 Å². The third-order valence-electron chi connectivity index (χ3n) is 2.05. The van der Waals surface area contributed by atoms with E-state index in [9.17, 15) is 13.2 Å². The van der Waals surface area contributed by atoms with E-state index < -0.39 is 16.0 Å². The van der Waals surface area contributed by atoms with Crippen LogP contribution < -0.4 is 0 Å². The summed E-state index contributed by atoms with van der Waals surface area (Å²) >= 11 is 0. The molecule has 1 rings (SSSR count). The van der Waals surface area contributed by atoms with Crippen LogP contribution in [0.2, 0.25) is 0 Å². The molecule has 1 N–H and O–H groups in total. The van der Waals surface area contributed by atoms with Crippen LogP contribution in [0, 0.1) is 0 Å². The van der Waals surface area contributed by atoms with Crippen molar-refractivity contribution >= 4 is 16.0 Å². The smallest absolute Gasteiger partial charge is 0.321 e. The summed E-state index contributed by atoms with van der Waals surface area (Å²) in [5, 5.41) is -0.0383. The summed E-state index contributed by atoms with van der Waals surface area (Å²) in [4.78, 5) is 17.4. The van der Waals surface area contributed by atoms with Gasteiger partial charge >= 0.3 is 5.97 Å². The van der Waals surface area contributed by atoms with Gasteiger partial charge in [-0.25, -0.2) is 13.4 Å². The molecule has 0 saturated heterocycles. The van der Waals surface area contributed by atoms with Gasteiger partial charge in [-0.15, -0.1) is 0 Å². The normalized spacial score (nSPS) is 11.7. The van der Waals surface area contributed by atoms with Crippen molar-refractivity contribution in [3.8, 4) is 0 Å².